The molecule has 0 saturated heterocycles. The minimum Gasteiger partial charge on any atom is -0.467 e. The molecule has 0 spiro atoms. The van der Waals surface area contributed by atoms with E-state index in [4.69, 9.17) is 9.47 Å². The van der Waals surface area contributed by atoms with Crippen LogP contribution in [0.1, 0.15) is 27.8 Å². The van der Waals surface area contributed by atoms with Gasteiger partial charge in [-0.3, -0.25) is 9.69 Å². The largest absolute Gasteiger partial charge is 0.467 e. The Morgan fingerprint density at radius 2 is 1.62 bits per heavy atom. The molecule has 0 aliphatic carbocycles. The van der Waals surface area contributed by atoms with Crippen molar-refractivity contribution in [2.45, 2.75) is 44.3 Å². The summed E-state index contributed by atoms with van der Waals surface area (Å²) in [6.07, 6.45) is -5.33. The maximum Gasteiger partial charge on any atom is 0.416 e. The van der Waals surface area contributed by atoms with Crippen LogP contribution in [0.3, 0.4) is 0 Å². The fourth-order valence-corrected chi connectivity index (χ4v) is 4.47. The molecule has 1 N–H and O–H groups in total. The van der Waals surface area contributed by atoms with Gasteiger partial charge >= 0.3 is 18.2 Å². The van der Waals surface area contributed by atoms with Crippen LogP contribution >= 0.6 is 0 Å². The molecule has 0 fully saturated rings. The van der Waals surface area contributed by atoms with Gasteiger partial charge in [0, 0.05) is 12.8 Å². The number of benzene rings is 3. The third-order valence-corrected chi connectivity index (χ3v) is 6.49. The van der Waals surface area contributed by atoms with Crippen LogP contribution in [-0.4, -0.2) is 42.1 Å². The van der Waals surface area contributed by atoms with Gasteiger partial charge in [-0.2, -0.15) is 13.2 Å². The number of nitrogens with one attached hydrogen (secondary N) is 1. The van der Waals surface area contributed by atoms with Crippen LogP contribution in [-0.2, 0) is 51.2 Å². The molecule has 0 bridgehead atoms. The van der Waals surface area contributed by atoms with Crippen molar-refractivity contribution in [3.8, 4) is 0 Å². The topological polar surface area (TPSA) is 84.9 Å². The monoisotopic (exact) mass is 540 g/mol. The summed E-state index contributed by atoms with van der Waals surface area (Å²) in [5, 5.41) is 2.59. The first-order chi connectivity index (χ1) is 18.7. The number of alkyl halides is 3. The number of ether oxygens (including phenoxy) is 2. The number of carbonyl (C=O) groups is 3. The summed E-state index contributed by atoms with van der Waals surface area (Å²) in [4.78, 5) is 40.4. The van der Waals surface area contributed by atoms with Gasteiger partial charge in [-0.1, -0.05) is 72.8 Å². The molecule has 0 unspecified atom stereocenters. The van der Waals surface area contributed by atoms with Crippen molar-refractivity contribution < 1.29 is 37.0 Å². The minimum atomic E-state index is -4.56. The lowest BCUT2D eigenvalue weighted by Gasteiger charge is -2.35. The molecule has 7 nitrogen and oxygen atoms in total. The lowest BCUT2D eigenvalue weighted by Crippen LogP contribution is -2.56. The number of halogens is 3. The number of carbonyl (C=O) groups excluding carboxylic acids is 3. The predicted octanol–water partition coefficient (Wildman–Crippen LogP) is 4.67. The van der Waals surface area contributed by atoms with Gasteiger partial charge in [0.25, 0.3) is 0 Å². The zero-order valence-electron chi connectivity index (χ0n) is 21.1. The molecule has 2 atom stereocenters. The highest BCUT2D eigenvalue weighted by molar-refractivity contribution is 5.90. The van der Waals surface area contributed by atoms with Gasteiger partial charge in [0.1, 0.15) is 18.7 Å². The highest BCUT2D eigenvalue weighted by Gasteiger charge is 2.37. The maximum atomic E-state index is 13.5. The number of nitrogens with zero attached hydrogens (tertiary/aromatic N) is 1. The van der Waals surface area contributed by atoms with Crippen molar-refractivity contribution in [1.29, 1.82) is 0 Å². The molecule has 204 valence electrons. The van der Waals surface area contributed by atoms with E-state index >= 15 is 0 Å². The molecule has 1 heterocycles. The summed E-state index contributed by atoms with van der Waals surface area (Å²) in [6, 6.07) is 18.6. The van der Waals surface area contributed by atoms with Crippen LogP contribution in [0.25, 0.3) is 0 Å². The molecule has 2 amide bonds. The lowest BCUT2D eigenvalue weighted by molar-refractivity contribution is -0.145. The van der Waals surface area contributed by atoms with Crippen LogP contribution in [0, 0.1) is 0 Å². The number of rotatable bonds is 7. The number of hydrogen-bond acceptors (Lipinski definition) is 5. The van der Waals surface area contributed by atoms with E-state index in [0.717, 1.165) is 35.9 Å². The summed E-state index contributed by atoms with van der Waals surface area (Å²) >= 11 is 0. The highest BCUT2D eigenvalue weighted by atomic mass is 19.4. The molecular formula is C29H27F3N2O5. The van der Waals surface area contributed by atoms with Crippen LogP contribution in [0.2, 0.25) is 0 Å². The molecule has 4 rings (SSSR count). The smallest absolute Gasteiger partial charge is 0.416 e. The fourth-order valence-electron chi connectivity index (χ4n) is 4.47. The zero-order valence-corrected chi connectivity index (χ0v) is 21.1. The van der Waals surface area contributed by atoms with Crippen LogP contribution in [0.5, 0.6) is 0 Å². The summed E-state index contributed by atoms with van der Waals surface area (Å²) < 4.78 is 49.8. The minimum absolute atomic E-state index is 0.00644. The molecule has 3 aromatic carbocycles. The molecule has 39 heavy (non-hydrogen) atoms. The quantitative estimate of drug-likeness (QED) is 0.441. The van der Waals surface area contributed by atoms with E-state index in [0.29, 0.717) is 0 Å². The average Bonchev–Trinajstić information content (AvgIpc) is 2.94. The Labute approximate surface area is 223 Å². The van der Waals surface area contributed by atoms with Crippen molar-refractivity contribution in [2.24, 2.45) is 0 Å². The Balaban J connectivity index is 1.54. The molecule has 0 aromatic heterocycles. The van der Waals surface area contributed by atoms with Gasteiger partial charge in [-0.25, -0.2) is 9.59 Å². The predicted molar refractivity (Wildman–Crippen MR) is 135 cm³/mol. The number of fused-ring (bicyclic) bond motifs is 1. The van der Waals surface area contributed by atoms with Gasteiger partial charge in [-0.15, -0.1) is 0 Å². The average molecular weight is 541 g/mol. The van der Waals surface area contributed by atoms with Gasteiger partial charge in [0.05, 0.1) is 19.2 Å². The molecule has 1 aliphatic heterocycles. The highest BCUT2D eigenvalue weighted by Crippen LogP contribution is 2.30. The normalized spacial score (nSPS) is 15.6. The van der Waals surface area contributed by atoms with Gasteiger partial charge in [0.15, 0.2) is 0 Å². The van der Waals surface area contributed by atoms with Crippen molar-refractivity contribution in [3.63, 3.8) is 0 Å². The summed E-state index contributed by atoms with van der Waals surface area (Å²) in [7, 11) is 1.12. The molecule has 0 radical (unpaired) electrons. The second-order valence-corrected chi connectivity index (χ2v) is 9.14. The van der Waals surface area contributed by atoms with Crippen LogP contribution in [0.4, 0.5) is 18.0 Å². The second-order valence-electron chi connectivity index (χ2n) is 9.14. The fraction of sp³-hybridized carbons (Fsp3) is 0.276. The van der Waals surface area contributed by atoms with Gasteiger partial charge in [-0.05, 0) is 28.3 Å². The lowest BCUT2D eigenvalue weighted by atomic mass is 9.93. The summed E-state index contributed by atoms with van der Waals surface area (Å²) in [5.74, 6) is -1.47. The van der Waals surface area contributed by atoms with Crippen molar-refractivity contribution in [3.05, 3.63) is 107 Å². The van der Waals surface area contributed by atoms with Crippen molar-refractivity contribution in [2.75, 3.05) is 7.11 Å². The second kappa shape index (κ2) is 12.0. The summed E-state index contributed by atoms with van der Waals surface area (Å²) in [5.41, 5.74) is 1.81. The first-order valence-corrected chi connectivity index (χ1v) is 12.2. The third kappa shape index (κ3) is 6.95. The van der Waals surface area contributed by atoms with E-state index in [1.165, 1.54) is 17.0 Å². The maximum absolute atomic E-state index is 13.5. The Morgan fingerprint density at radius 3 is 2.31 bits per heavy atom. The van der Waals surface area contributed by atoms with Crippen molar-refractivity contribution >= 4 is 18.0 Å². The van der Waals surface area contributed by atoms with E-state index in [-0.39, 0.29) is 31.6 Å². The van der Waals surface area contributed by atoms with E-state index in [1.807, 2.05) is 42.5 Å². The Kier molecular flexibility index (Phi) is 8.53. The summed E-state index contributed by atoms with van der Waals surface area (Å²) in [6.45, 7) is 0.116. The van der Waals surface area contributed by atoms with Crippen LogP contribution < -0.4 is 5.32 Å². The molecular weight excluding hydrogens is 513 g/mol. The Bertz CT molecular complexity index is 1330. The molecule has 0 saturated carbocycles. The van der Waals surface area contributed by atoms with Gasteiger partial charge in [0.2, 0.25) is 5.91 Å². The first kappa shape index (κ1) is 27.7. The van der Waals surface area contributed by atoms with E-state index < -0.39 is 41.8 Å². The standard InChI is InChI=1S/C29H27F3N2O5/c1-38-27(36)24(15-20-10-7-13-23(14-20)29(30,31)32)33-26(35)25-16-21-11-5-6-12-22(21)17-34(25)28(37)39-18-19-8-3-2-4-9-19/h2-14,24-25H,15-18H2,1H3,(H,33,35)/t24-,25-/m0/s1. The van der Waals surface area contributed by atoms with Gasteiger partial charge < -0.3 is 14.8 Å². The van der Waals surface area contributed by atoms with E-state index in [2.05, 4.69) is 5.32 Å². The zero-order chi connectivity index (χ0) is 28.0. The third-order valence-electron chi connectivity index (χ3n) is 6.49. The number of methoxy groups -OCH3 is 1. The molecule has 10 heteroatoms. The Morgan fingerprint density at radius 1 is 0.949 bits per heavy atom. The molecule has 1 aliphatic rings. The SMILES string of the molecule is COC(=O)[C@H](Cc1cccc(C(F)(F)F)c1)NC(=O)[C@@H]1Cc2ccccc2CN1C(=O)OCc1ccccc1. The van der Waals surface area contributed by atoms with E-state index in [1.54, 1.807) is 12.1 Å². The number of hydrogen-bond donors (Lipinski definition) is 1. The first-order valence-electron chi connectivity index (χ1n) is 12.2. The number of amides is 2. The van der Waals surface area contributed by atoms with Crippen LogP contribution in [0.15, 0.2) is 78.9 Å². The van der Waals surface area contributed by atoms with Crippen molar-refractivity contribution in [1.82, 2.24) is 10.2 Å². The Hall–Kier alpha value is -4.34. The molecule has 3 aromatic rings. The number of esters is 1. The van der Waals surface area contributed by atoms with E-state index in [9.17, 15) is 27.6 Å².